The Kier molecular flexibility index (Phi) is 10.7. The molecule has 0 aliphatic rings. The predicted octanol–water partition coefficient (Wildman–Crippen LogP) is 10.0. The molecule has 1 unspecified atom stereocenters. The fraction of sp³-hybridized carbons (Fsp3) is 0.171. The van der Waals surface area contributed by atoms with E-state index in [2.05, 4.69) is 18.1 Å². The summed E-state index contributed by atoms with van der Waals surface area (Å²) >= 11 is 0. The fourth-order valence-corrected chi connectivity index (χ4v) is 11.4. The molecule has 0 N–H and O–H groups in total. The van der Waals surface area contributed by atoms with Crippen molar-refractivity contribution < 1.29 is 39.5 Å². The van der Waals surface area contributed by atoms with Gasteiger partial charge in [-0.25, -0.2) is 12.8 Å². The van der Waals surface area contributed by atoms with E-state index in [1.807, 2.05) is 36.4 Å². The zero-order chi connectivity index (χ0) is 38.0. The molecule has 0 radical (unpaired) electrons. The van der Waals surface area contributed by atoms with E-state index in [9.17, 15) is 18.0 Å². The first kappa shape index (κ1) is 37.6. The second kappa shape index (κ2) is 15.1. The van der Waals surface area contributed by atoms with Crippen LogP contribution in [0.1, 0.15) is 36.2 Å². The Labute approximate surface area is 307 Å². The number of esters is 1. The van der Waals surface area contributed by atoms with Gasteiger partial charge in [0.25, 0.3) is 0 Å². The predicted molar refractivity (Wildman–Crippen MR) is 201 cm³/mol. The van der Waals surface area contributed by atoms with Crippen molar-refractivity contribution in [2.45, 2.75) is 52.9 Å². The smallest absolute Gasteiger partial charge is 0.401 e. The third kappa shape index (κ3) is 7.01. The summed E-state index contributed by atoms with van der Waals surface area (Å²) in [5.74, 6) is -1.23. The Bertz CT molecular complexity index is 2380. The summed E-state index contributed by atoms with van der Waals surface area (Å²) in [7, 11) is -9.59. The number of rotatable bonds is 14. The van der Waals surface area contributed by atoms with Gasteiger partial charge >= 0.3 is 21.3 Å². The van der Waals surface area contributed by atoms with E-state index in [1.54, 1.807) is 66.7 Å². The standard InChI is InChI=1S/C41H36F3NO6S2/c1-4-45-36-18-12-11-17-34(36)35-27-30(21-24-37(35)45)39(46)29-19-22-33(23-20-29)52(31-13-7-5-8-14-31,32-15-9-6-10-16-32)51-53(48,49)41(43,44)38(42)25-26-50-40(47)28(2)3/h5-24,27,38H,2,4,25-26H2,1,3H3. The first-order valence-electron chi connectivity index (χ1n) is 16.7. The van der Waals surface area contributed by atoms with Crippen LogP contribution in [0.5, 0.6) is 0 Å². The molecule has 274 valence electrons. The summed E-state index contributed by atoms with van der Waals surface area (Å²) in [6.45, 7) is 6.68. The van der Waals surface area contributed by atoms with Gasteiger partial charge in [0.05, 0.1) is 6.61 Å². The zero-order valence-corrected chi connectivity index (χ0v) is 30.5. The highest BCUT2D eigenvalue weighted by Crippen LogP contribution is 2.70. The highest BCUT2D eigenvalue weighted by molar-refractivity contribution is 8.33. The van der Waals surface area contributed by atoms with E-state index in [0.29, 0.717) is 5.56 Å². The van der Waals surface area contributed by atoms with Gasteiger partial charge in [-0.15, -0.1) is 0 Å². The van der Waals surface area contributed by atoms with E-state index < -0.39 is 50.9 Å². The second-order valence-electron chi connectivity index (χ2n) is 12.3. The van der Waals surface area contributed by atoms with Crippen molar-refractivity contribution in [3.63, 3.8) is 0 Å². The maximum Gasteiger partial charge on any atom is 0.401 e. The van der Waals surface area contributed by atoms with Crippen LogP contribution in [0.4, 0.5) is 13.2 Å². The fourth-order valence-electron chi connectivity index (χ4n) is 6.13. The van der Waals surface area contributed by atoms with Gasteiger partial charge < -0.3 is 9.30 Å². The molecule has 0 spiro atoms. The summed E-state index contributed by atoms with van der Waals surface area (Å²) in [4.78, 5) is 26.2. The summed E-state index contributed by atoms with van der Waals surface area (Å²) in [5.41, 5.74) is 2.69. The van der Waals surface area contributed by atoms with Gasteiger partial charge in [0, 0.05) is 66.2 Å². The molecule has 6 rings (SSSR count). The third-order valence-electron chi connectivity index (χ3n) is 8.79. The Morgan fingerprint density at radius 3 is 1.87 bits per heavy atom. The molecule has 6 aromatic rings. The summed E-state index contributed by atoms with van der Waals surface area (Å²) in [6.07, 6.45) is -4.40. The quantitative estimate of drug-likeness (QED) is 0.0624. The number of nitrogens with zero attached hydrogens (tertiary/aromatic N) is 1. The minimum atomic E-state index is -6.03. The Balaban J connectivity index is 1.41. The first-order chi connectivity index (χ1) is 25.3. The number of ether oxygens (including phenoxy) is 1. The van der Waals surface area contributed by atoms with E-state index >= 15 is 13.2 Å². The lowest BCUT2D eigenvalue weighted by atomic mass is 10.0. The average Bonchev–Trinajstić information content (AvgIpc) is 3.50. The average molecular weight is 760 g/mol. The van der Waals surface area contributed by atoms with Gasteiger partial charge in [-0.3, -0.25) is 4.79 Å². The number of aryl methyl sites for hydroxylation is 1. The molecule has 12 heteroatoms. The summed E-state index contributed by atoms with van der Waals surface area (Å²) < 4.78 is 86.4. The van der Waals surface area contributed by atoms with E-state index in [1.165, 1.54) is 31.2 Å². The lowest BCUT2D eigenvalue weighted by molar-refractivity contribution is -0.140. The number of ketones is 1. The molecule has 0 aliphatic carbocycles. The van der Waals surface area contributed by atoms with Crippen molar-refractivity contribution in [1.29, 1.82) is 0 Å². The summed E-state index contributed by atoms with van der Waals surface area (Å²) in [6, 6.07) is 35.3. The highest BCUT2D eigenvalue weighted by atomic mass is 32.3. The van der Waals surface area contributed by atoms with Crippen LogP contribution in [0.2, 0.25) is 0 Å². The minimum Gasteiger partial charge on any atom is -0.462 e. The molecule has 7 nitrogen and oxygen atoms in total. The maximum atomic E-state index is 15.7. The molecule has 5 aromatic carbocycles. The van der Waals surface area contributed by atoms with Crippen LogP contribution in [0, 0.1) is 0 Å². The van der Waals surface area contributed by atoms with Crippen LogP contribution in [0.15, 0.2) is 154 Å². The van der Waals surface area contributed by atoms with Gasteiger partial charge in [0.2, 0.25) is 0 Å². The number of para-hydroxylation sites is 1. The number of aromatic nitrogens is 1. The van der Waals surface area contributed by atoms with Crippen LogP contribution >= 0.6 is 10.3 Å². The van der Waals surface area contributed by atoms with Gasteiger partial charge in [0.15, 0.2) is 12.0 Å². The van der Waals surface area contributed by atoms with Gasteiger partial charge in [-0.05, 0) is 97.0 Å². The molecule has 1 heterocycles. The van der Waals surface area contributed by atoms with E-state index in [-0.39, 0.29) is 31.6 Å². The van der Waals surface area contributed by atoms with E-state index in [0.717, 1.165) is 28.4 Å². The lowest BCUT2D eigenvalue weighted by Crippen LogP contribution is -2.41. The van der Waals surface area contributed by atoms with Gasteiger partial charge in [-0.1, -0.05) is 61.2 Å². The van der Waals surface area contributed by atoms with Crippen LogP contribution in [-0.4, -0.2) is 42.8 Å². The molecule has 1 aromatic heterocycles. The Morgan fingerprint density at radius 2 is 1.28 bits per heavy atom. The van der Waals surface area contributed by atoms with Crippen molar-refractivity contribution in [2.24, 2.45) is 0 Å². The third-order valence-corrected chi connectivity index (χ3v) is 14.1. The van der Waals surface area contributed by atoms with E-state index in [4.69, 9.17) is 8.37 Å². The molecule has 0 fully saturated rings. The molecule has 0 amide bonds. The number of fused-ring (bicyclic) bond motifs is 3. The number of carbonyl (C=O) groups is 2. The topological polar surface area (TPSA) is 91.7 Å². The number of benzene rings is 5. The molecular weight excluding hydrogens is 724 g/mol. The van der Waals surface area contributed by atoms with Crippen molar-refractivity contribution in [2.75, 3.05) is 6.61 Å². The number of halogens is 3. The van der Waals surface area contributed by atoms with Gasteiger partial charge in [0.1, 0.15) is 0 Å². The lowest BCUT2D eigenvalue weighted by Gasteiger charge is -2.40. The number of hydrogen-bond donors (Lipinski definition) is 0. The Morgan fingerprint density at radius 1 is 0.755 bits per heavy atom. The summed E-state index contributed by atoms with van der Waals surface area (Å²) in [5, 5.41) is -3.12. The van der Waals surface area contributed by atoms with Gasteiger partial charge in [-0.2, -0.15) is 17.2 Å². The van der Waals surface area contributed by atoms with Crippen molar-refractivity contribution in [3.05, 3.63) is 151 Å². The molecule has 0 bridgehead atoms. The number of carbonyl (C=O) groups excluding carboxylic acids is 2. The maximum absolute atomic E-state index is 15.7. The molecule has 0 saturated heterocycles. The molecule has 1 atom stereocenters. The molecule has 53 heavy (non-hydrogen) atoms. The van der Waals surface area contributed by atoms with Crippen molar-refractivity contribution >= 4 is 54.0 Å². The van der Waals surface area contributed by atoms with Crippen LogP contribution in [0.25, 0.3) is 21.8 Å². The van der Waals surface area contributed by atoms with Crippen molar-refractivity contribution in [1.82, 2.24) is 4.57 Å². The number of alkyl halides is 3. The van der Waals surface area contributed by atoms with Crippen LogP contribution in [-0.2, 0) is 29.8 Å². The zero-order valence-electron chi connectivity index (χ0n) is 28.9. The highest BCUT2D eigenvalue weighted by Gasteiger charge is 2.57. The van der Waals surface area contributed by atoms with Crippen LogP contribution < -0.4 is 0 Å². The minimum absolute atomic E-state index is 0.0312. The normalized spacial score (nSPS) is 13.2. The Hall–Kier alpha value is -5.17. The molecular formula is C41H36F3NO6S2. The number of hydrogen-bond acceptors (Lipinski definition) is 6. The van der Waals surface area contributed by atoms with Crippen molar-refractivity contribution in [3.8, 4) is 0 Å². The monoisotopic (exact) mass is 759 g/mol. The second-order valence-corrected chi connectivity index (χ2v) is 16.8. The SMILES string of the molecule is C=C(C)C(=O)OCCC(F)C(F)(F)S(=O)(=O)OS(c1ccccc1)(c1ccccc1)c1ccc(C(=O)c2ccc3c(c2)c2ccccc2n3CC)cc1. The first-order valence-corrected chi connectivity index (χ1v) is 19.7. The van der Waals surface area contributed by atoms with Crippen LogP contribution in [0.3, 0.4) is 0 Å². The molecule has 0 aliphatic heterocycles. The molecule has 0 saturated carbocycles. The largest absolute Gasteiger partial charge is 0.462 e.